The van der Waals surface area contributed by atoms with Crippen LogP contribution in [-0.2, 0) is 19.2 Å². The third-order valence-corrected chi connectivity index (χ3v) is 4.53. The summed E-state index contributed by atoms with van der Waals surface area (Å²) < 4.78 is 5.04. The number of nitrogens with zero attached hydrogens (tertiary/aromatic N) is 2. The first-order valence-electron chi connectivity index (χ1n) is 8.57. The summed E-state index contributed by atoms with van der Waals surface area (Å²) >= 11 is 11.0. The Bertz CT molecular complexity index is 595. The van der Waals surface area contributed by atoms with Crippen LogP contribution in [0.1, 0.15) is 0 Å². The highest BCUT2D eigenvalue weighted by molar-refractivity contribution is 6.53. The van der Waals surface area contributed by atoms with Crippen LogP contribution in [0.15, 0.2) is 24.3 Å². The number of carbonyl (C=O) groups excluding carboxylic acids is 2. The van der Waals surface area contributed by atoms with Gasteiger partial charge in [0, 0.05) is 38.1 Å². The molecule has 1 aromatic rings. The van der Waals surface area contributed by atoms with Gasteiger partial charge in [0.05, 0.1) is 19.7 Å². The average Bonchev–Trinajstić information content (AvgIpc) is 2.95. The van der Waals surface area contributed by atoms with Crippen molar-refractivity contribution in [2.75, 3.05) is 56.2 Å². The third-order valence-electron chi connectivity index (χ3n) is 4.13. The smallest absolute Gasteiger partial charge is 0.293 e. The molecule has 27 heavy (non-hydrogen) atoms. The van der Waals surface area contributed by atoms with Gasteiger partial charge in [-0.3, -0.25) is 14.4 Å². The molecule has 150 valence electrons. The number of amides is 1. The van der Waals surface area contributed by atoms with E-state index in [0.717, 1.165) is 31.0 Å². The van der Waals surface area contributed by atoms with Crippen LogP contribution in [0.4, 0.5) is 11.4 Å². The van der Waals surface area contributed by atoms with E-state index in [4.69, 9.17) is 32.8 Å². The van der Waals surface area contributed by atoms with Crippen LogP contribution in [-0.4, -0.2) is 69.7 Å². The quantitative estimate of drug-likeness (QED) is 0.455. The van der Waals surface area contributed by atoms with Gasteiger partial charge in [0.25, 0.3) is 12.4 Å². The molecule has 0 bridgehead atoms. The van der Waals surface area contributed by atoms with Gasteiger partial charge in [-0.2, -0.15) is 0 Å². The lowest BCUT2D eigenvalue weighted by Crippen LogP contribution is -2.41. The van der Waals surface area contributed by atoms with Crippen LogP contribution in [0.3, 0.4) is 0 Å². The molecule has 1 amide bonds. The molecule has 1 heterocycles. The Hall–Kier alpha value is -1.74. The van der Waals surface area contributed by atoms with Gasteiger partial charge in [0.2, 0.25) is 0 Å². The zero-order valence-electron chi connectivity index (χ0n) is 15.1. The van der Waals surface area contributed by atoms with Gasteiger partial charge in [-0.05, 0) is 24.3 Å². The maximum atomic E-state index is 11.5. The number of ether oxygens (including phenoxy) is 1. The van der Waals surface area contributed by atoms with Gasteiger partial charge in [-0.1, -0.05) is 23.2 Å². The van der Waals surface area contributed by atoms with E-state index in [1.165, 1.54) is 0 Å². The molecule has 2 N–H and O–H groups in total. The number of benzene rings is 1. The SMILES string of the molecule is CN(C[C@H](CNC(=O)C(Cl)Cl)OC=O)c1ccc(N2CCNOCC2)cc1. The minimum atomic E-state index is -1.16. The molecule has 1 fully saturated rings. The number of hydrogen-bond acceptors (Lipinski definition) is 7. The number of carbonyl (C=O) groups is 2. The molecule has 1 saturated heterocycles. The lowest BCUT2D eigenvalue weighted by molar-refractivity contribution is -0.134. The highest BCUT2D eigenvalue weighted by Gasteiger charge is 2.18. The van der Waals surface area contributed by atoms with Gasteiger partial charge in [0.15, 0.2) is 4.84 Å². The topological polar surface area (TPSA) is 83.1 Å². The number of hydrogen-bond donors (Lipinski definition) is 2. The summed E-state index contributed by atoms with van der Waals surface area (Å²) in [6.07, 6.45) is -0.531. The van der Waals surface area contributed by atoms with E-state index in [1.54, 1.807) is 0 Å². The second-order valence-electron chi connectivity index (χ2n) is 6.03. The number of rotatable bonds is 9. The molecule has 0 aromatic heterocycles. The molecular formula is C17H24Cl2N4O4. The summed E-state index contributed by atoms with van der Waals surface area (Å²) in [5, 5.41) is 2.54. The Balaban J connectivity index is 1.92. The summed E-state index contributed by atoms with van der Waals surface area (Å²) in [5.74, 6) is -0.527. The maximum absolute atomic E-state index is 11.5. The van der Waals surface area contributed by atoms with Gasteiger partial charge >= 0.3 is 0 Å². The van der Waals surface area contributed by atoms with E-state index in [9.17, 15) is 9.59 Å². The van der Waals surface area contributed by atoms with Crippen molar-refractivity contribution in [3.05, 3.63) is 24.3 Å². The molecule has 1 aliphatic rings. The second-order valence-corrected chi connectivity index (χ2v) is 7.12. The molecule has 1 aromatic carbocycles. The standard InChI is InChI=1S/C17H24Cl2N4O4/c1-22(11-15(26-12-24)10-20-17(25)16(18)19)13-2-4-14(5-3-13)23-7-6-21-27-9-8-23/h2-5,12,15-16,21H,6-11H2,1H3,(H,20,25)/t15-/m0/s1. The van der Waals surface area contributed by atoms with Crippen molar-refractivity contribution in [2.45, 2.75) is 10.9 Å². The first kappa shape index (κ1) is 21.6. The molecule has 1 atom stereocenters. The summed E-state index contributed by atoms with van der Waals surface area (Å²) in [6, 6.07) is 8.08. The lowest BCUT2D eigenvalue weighted by atomic mass is 10.2. The van der Waals surface area contributed by atoms with Crippen LogP contribution in [0.2, 0.25) is 0 Å². The predicted octanol–water partition coefficient (Wildman–Crippen LogP) is 0.926. The van der Waals surface area contributed by atoms with Crippen molar-refractivity contribution < 1.29 is 19.2 Å². The predicted molar refractivity (Wildman–Crippen MR) is 105 cm³/mol. The molecule has 10 heteroatoms. The molecular weight excluding hydrogens is 395 g/mol. The normalized spacial score (nSPS) is 15.8. The molecule has 2 rings (SSSR count). The van der Waals surface area contributed by atoms with E-state index in [-0.39, 0.29) is 6.54 Å². The highest BCUT2D eigenvalue weighted by Crippen LogP contribution is 2.20. The Labute approximate surface area is 168 Å². The molecule has 0 radical (unpaired) electrons. The molecule has 1 aliphatic heterocycles. The summed E-state index contributed by atoms with van der Waals surface area (Å²) in [4.78, 5) is 30.5. The number of alkyl halides is 2. The minimum Gasteiger partial charge on any atom is -0.461 e. The number of nitrogens with one attached hydrogen (secondary N) is 2. The Kier molecular flexibility index (Phi) is 8.93. The summed E-state index contributed by atoms with van der Waals surface area (Å²) in [5.41, 5.74) is 4.97. The zero-order valence-corrected chi connectivity index (χ0v) is 16.6. The van der Waals surface area contributed by atoms with E-state index >= 15 is 0 Å². The van der Waals surface area contributed by atoms with Crippen LogP contribution < -0.4 is 20.6 Å². The molecule has 8 nitrogen and oxygen atoms in total. The first-order chi connectivity index (χ1) is 13.0. The van der Waals surface area contributed by atoms with Crippen molar-refractivity contribution in [1.82, 2.24) is 10.8 Å². The Morgan fingerprint density at radius 1 is 1.41 bits per heavy atom. The van der Waals surface area contributed by atoms with Crippen molar-refractivity contribution >= 4 is 47.0 Å². The fraction of sp³-hybridized carbons (Fsp3) is 0.529. The Morgan fingerprint density at radius 3 is 2.81 bits per heavy atom. The average molecular weight is 419 g/mol. The molecule has 0 spiro atoms. The second kappa shape index (κ2) is 11.2. The van der Waals surface area contributed by atoms with Crippen molar-refractivity contribution in [3.8, 4) is 0 Å². The van der Waals surface area contributed by atoms with Crippen LogP contribution in [0.25, 0.3) is 0 Å². The van der Waals surface area contributed by atoms with Gasteiger partial charge in [0.1, 0.15) is 6.10 Å². The molecule has 0 saturated carbocycles. The number of hydroxylamine groups is 1. The van der Waals surface area contributed by atoms with E-state index in [2.05, 4.69) is 15.7 Å². The summed E-state index contributed by atoms with van der Waals surface area (Å²) in [6.45, 7) is 3.96. The molecule has 0 unspecified atom stereocenters. The highest BCUT2D eigenvalue weighted by atomic mass is 35.5. The minimum absolute atomic E-state index is 0.122. The van der Waals surface area contributed by atoms with Gasteiger partial charge in [-0.15, -0.1) is 0 Å². The lowest BCUT2D eigenvalue weighted by Gasteiger charge is -2.26. The maximum Gasteiger partial charge on any atom is 0.293 e. The Morgan fingerprint density at radius 2 is 2.15 bits per heavy atom. The van der Waals surface area contributed by atoms with Gasteiger partial charge < -0.3 is 19.9 Å². The van der Waals surface area contributed by atoms with E-state index < -0.39 is 16.8 Å². The van der Waals surface area contributed by atoms with E-state index in [1.807, 2.05) is 36.2 Å². The largest absolute Gasteiger partial charge is 0.461 e. The first-order valence-corrected chi connectivity index (χ1v) is 9.44. The fourth-order valence-electron chi connectivity index (χ4n) is 2.71. The summed E-state index contributed by atoms with van der Waals surface area (Å²) in [7, 11) is 1.88. The van der Waals surface area contributed by atoms with Crippen molar-refractivity contribution in [2.24, 2.45) is 0 Å². The molecule has 0 aliphatic carbocycles. The monoisotopic (exact) mass is 418 g/mol. The van der Waals surface area contributed by atoms with Crippen LogP contribution in [0, 0.1) is 0 Å². The van der Waals surface area contributed by atoms with Crippen LogP contribution in [0.5, 0.6) is 0 Å². The van der Waals surface area contributed by atoms with Crippen molar-refractivity contribution in [1.29, 1.82) is 0 Å². The number of halogens is 2. The van der Waals surface area contributed by atoms with Crippen LogP contribution >= 0.6 is 23.2 Å². The van der Waals surface area contributed by atoms with Gasteiger partial charge in [-0.25, -0.2) is 5.48 Å². The van der Waals surface area contributed by atoms with E-state index in [0.29, 0.717) is 19.6 Å². The number of anilines is 2. The third kappa shape index (κ3) is 7.06. The number of likely N-dealkylation sites (N-methyl/N-ethyl adjacent to an activating group) is 1. The fourth-order valence-corrected chi connectivity index (χ4v) is 2.86. The zero-order chi connectivity index (χ0) is 19.6. The van der Waals surface area contributed by atoms with Crippen molar-refractivity contribution in [3.63, 3.8) is 0 Å².